The highest BCUT2D eigenvalue weighted by Crippen LogP contribution is 2.17. The second-order valence-corrected chi connectivity index (χ2v) is 8.27. The van der Waals surface area contributed by atoms with Gasteiger partial charge < -0.3 is 14.2 Å². The van der Waals surface area contributed by atoms with Crippen LogP contribution in [0.25, 0.3) is 0 Å². The third kappa shape index (κ3) is 7.15. The molecule has 2 aromatic rings. The molecule has 2 rings (SSSR count). The van der Waals surface area contributed by atoms with E-state index in [1.54, 1.807) is 50.2 Å². The molecule has 0 saturated carbocycles. The standard InChI is InChI=1S/C21H23BrO5/c1-21(2,22)20(24)27-15-13-25-12-14-26-18-10-8-17(9-11-18)19(23)16-6-4-3-5-7-16/h3-11H,12-15H2,1-2H3. The molecule has 5 nitrogen and oxygen atoms in total. The fourth-order valence-electron chi connectivity index (χ4n) is 2.14. The lowest BCUT2D eigenvalue weighted by Crippen LogP contribution is -2.28. The van der Waals surface area contributed by atoms with Crippen molar-refractivity contribution in [1.29, 1.82) is 0 Å². The van der Waals surface area contributed by atoms with Gasteiger partial charge in [0.05, 0.1) is 13.2 Å². The average molecular weight is 435 g/mol. The summed E-state index contributed by atoms with van der Waals surface area (Å²) in [6.45, 7) is 4.70. The zero-order chi connectivity index (χ0) is 19.7. The number of alkyl halides is 1. The lowest BCUT2D eigenvalue weighted by atomic mass is 10.0. The van der Waals surface area contributed by atoms with Crippen LogP contribution < -0.4 is 4.74 Å². The second-order valence-electron chi connectivity index (χ2n) is 6.29. The van der Waals surface area contributed by atoms with Crippen LogP contribution in [0.2, 0.25) is 0 Å². The summed E-state index contributed by atoms with van der Waals surface area (Å²) in [7, 11) is 0. The Labute approximate surface area is 167 Å². The number of hydrogen-bond acceptors (Lipinski definition) is 5. The highest BCUT2D eigenvalue weighted by Gasteiger charge is 2.25. The first-order valence-electron chi connectivity index (χ1n) is 8.64. The number of esters is 1. The summed E-state index contributed by atoms with van der Waals surface area (Å²) in [4.78, 5) is 23.9. The molecule has 0 spiro atoms. The summed E-state index contributed by atoms with van der Waals surface area (Å²) >= 11 is 3.23. The van der Waals surface area contributed by atoms with Gasteiger partial charge >= 0.3 is 5.97 Å². The minimum Gasteiger partial charge on any atom is -0.491 e. The molecular formula is C21H23BrO5. The van der Waals surface area contributed by atoms with Gasteiger partial charge in [0, 0.05) is 11.1 Å². The van der Waals surface area contributed by atoms with E-state index >= 15 is 0 Å². The van der Waals surface area contributed by atoms with E-state index in [1.807, 2.05) is 18.2 Å². The van der Waals surface area contributed by atoms with Crippen LogP contribution in [0.1, 0.15) is 29.8 Å². The van der Waals surface area contributed by atoms with E-state index in [1.165, 1.54) is 0 Å². The number of carbonyl (C=O) groups is 2. The van der Waals surface area contributed by atoms with Crippen molar-refractivity contribution in [1.82, 2.24) is 0 Å². The lowest BCUT2D eigenvalue weighted by molar-refractivity contribution is -0.147. The van der Waals surface area contributed by atoms with Gasteiger partial charge in [-0.2, -0.15) is 0 Å². The summed E-state index contributed by atoms with van der Waals surface area (Å²) in [6.07, 6.45) is 0. The van der Waals surface area contributed by atoms with E-state index in [9.17, 15) is 9.59 Å². The topological polar surface area (TPSA) is 61.8 Å². The minimum atomic E-state index is -0.690. The van der Waals surface area contributed by atoms with Gasteiger partial charge in [0.2, 0.25) is 0 Å². The van der Waals surface area contributed by atoms with Crippen LogP contribution in [-0.4, -0.2) is 42.5 Å². The van der Waals surface area contributed by atoms with Crippen molar-refractivity contribution >= 4 is 27.7 Å². The molecule has 0 aromatic heterocycles. The summed E-state index contributed by atoms with van der Waals surface area (Å²) in [6, 6.07) is 16.1. The van der Waals surface area contributed by atoms with Crippen LogP contribution in [0.3, 0.4) is 0 Å². The van der Waals surface area contributed by atoms with Crippen molar-refractivity contribution < 1.29 is 23.8 Å². The Bertz CT molecular complexity index is 735. The maximum absolute atomic E-state index is 12.3. The number of rotatable bonds is 10. The molecule has 0 saturated heterocycles. The summed E-state index contributed by atoms with van der Waals surface area (Å²) in [5.74, 6) is 0.315. The highest BCUT2D eigenvalue weighted by molar-refractivity contribution is 9.10. The Morgan fingerprint density at radius 3 is 2.07 bits per heavy atom. The SMILES string of the molecule is CC(C)(Br)C(=O)OCCOCCOc1ccc(C(=O)c2ccccc2)cc1. The molecule has 2 aromatic carbocycles. The Balaban J connectivity index is 1.66. The third-order valence-electron chi connectivity index (χ3n) is 3.60. The number of ether oxygens (including phenoxy) is 3. The molecular weight excluding hydrogens is 412 g/mol. The maximum atomic E-state index is 12.3. The van der Waals surface area contributed by atoms with Crippen molar-refractivity contribution in [3.05, 3.63) is 65.7 Å². The molecule has 0 radical (unpaired) electrons. The molecule has 0 fully saturated rings. The minimum absolute atomic E-state index is 0.0216. The van der Waals surface area contributed by atoms with Crippen molar-refractivity contribution in [3.63, 3.8) is 0 Å². The van der Waals surface area contributed by atoms with Gasteiger partial charge in [-0.25, -0.2) is 0 Å². The molecule has 6 heteroatoms. The zero-order valence-corrected chi connectivity index (χ0v) is 17.0. The van der Waals surface area contributed by atoms with E-state index < -0.39 is 4.32 Å². The molecule has 0 bridgehead atoms. The average Bonchev–Trinajstić information content (AvgIpc) is 2.67. The van der Waals surface area contributed by atoms with Gasteiger partial charge in [0.1, 0.15) is 23.3 Å². The van der Waals surface area contributed by atoms with Gasteiger partial charge in [-0.3, -0.25) is 9.59 Å². The van der Waals surface area contributed by atoms with Gasteiger partial charge in [-0.1, -0.05) is 46.3 Å². The molecule has 0 aliphatic carbocycles. The van der Waals surface area contributed by atoms with Crippen LogP contribution in [0.4, 0.5) is 0 Å². The predicted octanol–water partition coefficient (Wildman–Crippen LogP) is 4.03. The summed E-state index contributed by atoms with van der Waals surface area (Å²) in [5.41, 5.74) is 1.27. The fourth-order valence-corrected chi connectivity index (χ4v) is 2.26. The first kappa shape index (κ1) is 21.1. The number of halogens is 1. The van der Waals surface area contributed by atoms with Crippen LogP contribution in [0.15, 0.2) is 54.6 Å². The first-order chi connectivity index (χ1) is 12.9. The van der Waals surface area contributed by atoms with Crippen LogP contribution in [0, 0.1) is 0 Å². The Morgan fingerprint density at radius 1 is 0.852 bits per heavy atom. The van der Waals surface area contributed by atoms with Crippen molar-refractivity contribution in [2.75, 3.05) is 26.4 Å². The van der Waals surface area contributed by atoms with Crippen LogP contribution >= 0.6 is 15.9 Å². The Hall–Kier alpha value is -2.18. The molecule has 0 amide bonds. The maximum Gasteiger partial charge on any atom is 0.322 e. The van der Waals surface area contributed by atoms with E-state index in [0.717, 1.165) is 0 Å². The largest absolute Gasteiger partial charge is 0.491 e. The smallest absolute Gasteiger partial charge is 0.322 e. The van der Waals surface area contributed by atoms with Gasteiger partial charge in [-0.15, -0.1) is 0 Å². The lowest BCUT2D eigenvalue weighted by Gasteiger charge is -2.14. The quantitative estimate of drug-likeness (QED) is 0.244. The molecule has 0 heterocycles. The molecule has 0 unspecified atom stereocenters. The van der Waals surface area contributed by atoms with Crippen molar-refractivity contribution in [2.45, 2.75) is 18.2 Å². The van der Waals surface area contributed by atoms with Gasteiger partial charge in [-0.05, 0) is 38.1 Å². The number of ketones is 1. The summed E-state index contributed by atoms with van der Waals surface area (Å²) < 4.78 is 15.3. The number of carbonyl (C=O) groups excluding carboxylic acids is 2. The van der Waals surface area contributed by atoms with Crippen LogP contribution in [0.5, 0.6) is 5.75 Å². The molecule has 0 aliphatic heterocycles. The molecule has 0 aliphatic rings. The zero-order valence-electron chi connectivity index (χ0n) is 15.4. The van der Waals surface area contributed by atoms with Gasteiger partial charge in [0.25, 0.3) is 0 Å². The number of hydrogen-bond donors (Lipinski definition) is 0. The van der Waals surface area contributed by atoms with Crippen molar-refractivity contribution in [2.24, 2.45) is 0 Å². The third-order valence-corrected chi connectivity index (χ3v) is 3.92. The molecule has 0 atom stereocenters. The molecule has 0 N–H and O–H groups in total. The highest BCUT2D eigenvalue weighted by atomic mass is 79.9. The normalized spacial score (nSPS) is 11.1. The Kier molecular flexibility index (Phi) is 8.00. The number of benzene rings is 2. The second kappa shape index (κ2) is 10.2. The summed E-state index contributed by atoms with van der Waals surface area (Å²) in [5, 5.41) is 0. The van der Waals surface area contributed by atoms with Crippen LogP contribution in [-0.2, 0) is 14.3 Å². The Morgan fingerprint density at radius 2 is 1.44 bits per heavy atom. The van der Waals surface area contributed by atoms with Gasteiger partial charge in [0.15, 0.2) is 5.78 Å². The van der Waals surface area contributed by atoms with E-state index in [-0.39, 0.29) is 18.4 Å². The van der Waals surface area contributed by atoms with E-state index in [4.69, 9.17) is 14.2 Å². The first-order valence-corrected chi connectivity index (χ1v) is 9.44. The fraction of sp³-hybridized carbons (Fsp3) is 0.333. The predicted molar refractivity (Wildman–Crippen MR) is 107 cm³/mol. The molecule has 144 valence electrons. The van der Waals surface area contributed by atoms with Crippen molar-refractivity contribution in [3.8, 4) is 5.75 Å². The van der Waals surface area contributed by atoms with E-state index in [0.29, 0.717) is 36.7 Å². The molecule has 27 heavy (non-hydrogen) atoms. The van der Waals surface area contributed by atoms with E-state index in [2.05, 4.69) is 15.9 Å². The monoisotopic (exact) mass is 434 g/mol.